The molecule has 0 spiro atoms. The Morgan fingerprint density at radius 1 is 1.62 bits per heavy atom. The molecule has 0 saturated heterocycles. The molecular formula is C8H7BrFNO2. The quantitative estimate of drug-likeness (QED) is 0.458. The highest BCUT2D eigenvalue weighted by atomic mass is 79.9. The maximum atomic E-state index is 13.1. The maximum absolute atomic E-state index is 13.1. The molecule has 0 N–H and O–H groups in total. The summed E-state index contributed by atoms with van der Waals surface area (Å²) in [5.41, 5.74) is 0.194. The minimum atomic E-state index is -0.619. The number of hydrogen-bond donors (Lipinski definition) is 0. The number of alkyl halides is 1. The summed E-state index contributed by atoms with van der Waals surface area (Å²) >= 11 is 3.19. The molecule has 0 radical (unpaired) electrons. The van der Waals surface area contributed by atoms with Gasteiger partial charge in [0.15, 0.2) is 0 Å². The number of non-ortho nitro benzene ring substituents is 1. The normalized spacial score (nSPS) is 12.5. The molecule has 1 atom stereocenters. The molecule has 0 saturated carbocycles. The van der Waals surface area contributed by atoms with Gasteiger partial charge in [-0.3, -0.25) is 10.1 Å². The van der Waals surface area contributed by atoms with Gasteiger partial charge in [0.2, 0.25) is 0 Å². The third kappa shape index (κ3) is 2.24. The first-order valence-corrected chi connectivity index (χ1v) is 4.52. The van der Waals surface area contributed by atoms with E-state index in [9.17, 15) is 14.5 Å². The van der Waals surface area contributed by atoms with Crippen molar-refractivity contribution >= 4 is 21.6 Å². The van der Waals surface area contributed by atoms with Gasteiger partial charge in [0.05, 0.1) is 11.0 Å². The minimum Gasteiger partial charge on any atom is -0.258 e. The van der Waals surface area contributed by atoms with Gasteiger partial charge in [-0.15, -0.1) is 0 Å². The first-order chi connectivity index (χ1) is 6.02. The van der Waals surface area contributed by atoms with Crippen molar-refractivity contribution in [3.63, 3.8) is 0 Å². The van der Waals surface area contributed by atoms with E-state index in [1.807, 2.05) is 0 Å². The number of nitrogens with zero attached hydrogens (tertiary/aromatic N) is 1. The third-order valence-corrected chi connectivity index (χ3v) is 2.12. The maximum Gasteiger partial charge on any atom is 0.272 e. The van der Waals surface area contributed by atoms with Gasteiger partial charge in [-0.25, -0.2) is 4.39 Å². The zero-order chi connectivity index (χ0) is 10.0. The number of nitro benzene ring substituents is 1. The molecule has 0 aliphatic carbocycles. The summed E-state index contributed by atoms with van der Waals surface area (Å²) in [5.74, 6) is -0.557. The van der Waals surface area contributed by atoms with Gasteiger partial charge >= 0.3 is 0 Å². The van der Waals surface area contributed by atoms with E-state index in [4.69, 9.17) is 0 Å². The predicted molar refractivity (Wildman–Crippen MR) is 50.4 cm³/mol. The molecule has 1 aromatic rings. The molecule has 5 heteroatoms. The SMILES string of the molecule is CC(Br)c1ccc([N+](=O)[O-])cc1F. The van der Waals surface area contributed by atoms with Crippen LogP contribution in [0.5, 0.6) is 0 Å². The molecule has 0 amide bonds. The summed E-state index contributed by atoms with van der Waals surface area (Å²) in [5, 5.41) is 10.3. The summed E-state index contributed by atoms with van der Waals surface area (Å²) < 4.78 is 13.1. The summed E-state index contributed by atoms with van der Waals surface area (Å²) in [7, 11) is 0. The van der Waals surface area contributed by atoms with E-state index in [1.165, 1.54) is 12.1 Å². The van der Waals surface area contributed by atoms with Crippen LogP contribution in [-0.2, 0) is 0 Å². The van der Waals surface area contributed by atoms with Crippen LogP contribution in [0.3, 0.4) is 0 Å². The van der Waals surface area contributed by atoms with Crippen LogP contribution in [0.25, 0.3) is 0 Å². The fourth-order valence-corrected chi connectivity index (χ4v) is 1.32. The Labute approximate surface area is 82.8 Å². The summed E-state index contributed by atoms with van der Waals surface area (Å²) in [6.45, 7) is 1.75. The molecule has 1 rings (SSSR count). The second-order valence-electron chi connectivity index (χ2n) is 2.58. The van der Waals surface area contributed by atoms with Crippen LogP contribution >= 0.6 is 15.9 Å². The van der Waals surface area contributed by atoms with E-state index >= 15 is 0 Å². The van der Waals surface area contributed by atoms with Gasteiger partial charge in [0, 0.05) is 16.5 Å². The van der Waals surface area contributed by atoms with Crippen molar-refractivity contribution in [2.45, 2.75) is 11.8 Å². The van der Waals surface area contributed by atoms with Crippen LogP contribution < -0.4 is 0 Å². The van der Waals surface area contributed by atoms with Gasteiger partial charge in [-0.05, 0) is 13.0 Å². The fourth-order valence-electron chi connectivity index (χ4n) is 0.952. The standard InChI is InChI=1S/C8H7BrFNO2/c1-5(9)7-3-2-6(11(12)13)4-8(7)10/h2-5H,1H3. The molecule has 1 unspecified atom stereocenters. The summed E-state index contributed by atoms with van der Waals surface area (Å²) in [6.07, 6.45) is 0. The monoisotopic (exact) mass is 247 g/mol. The van der Waals surface area contributed by atoms with Gasteiger partial charge in [-0.1, -0.05) is 15.9 Å². The Morgan fingerprint density at radius 3 is 2.62 bits per heavy atom. The van der Waals surface area contributed by atoms with Gasteiger partial charge in [0.25, 0.3) is 5.69 Å². The first-order valence-electron chi connectivity index (χ1n) is 3.60. The molecule has 0 aliphatic rings. The second kappa shape index (κ2) is 3.83. The largest absolute Gasteiger partial charge is 0.272 e. The molecule has 1 aromatic carbocycles. The first kappa shape index (κ1) is 10.1. The van der Waals surface area contributed by atoms with Crippen molar-refractivity contribution in [2.75, 3.05) is 0 Å². The van der Waals surface area contributed by atoms with Crippen LogP contribution in [0.4, 0.5) is 10.1 Å². The highest BCUT2D eigenvalue weighted by molar-refractivity contribution is 9.09. The van der Waals surface area contributed by atoms with Gasteiger partial charge in [-0.2, -0.15) is 0 Å². The average molecular weight is 248 g/mol. The summed E-state index contributed by atoms with van der Waals surface area (Å²) in [4.78, 5) is 9.50. The third-order valence-electron chi connectivity index (χ3n) is 1.62. The van der Waals surface area contributed by atoms with Crippen LogP contribution in [0, 0.1) is 15.9 Å². The lowest BCUT2D eigenvalue weighted by molar-refractivity contribution is -0.385. The fraction of sp³-hybridized carbons (Fsp3) is 0.250. The molecule has 13 heavy (non-hydrogen) atoms. The average Bonchev–Trinajstić information content (AvgIpc) is 2.03. The lowest BCUT2D eigenvalue weighted by Gasteiger charge is -2.03. The van der Waals surface area contributed by atoms with E-state index < -0.39 is 10.7 Å². The smallest absolute Gasteiger partial charge is 0.258 e. The summed E-state index contributed by atoms with van der Waals surface area (Å²) in [6, 6.07) is 3.62. The lowest BCUT2D eigenvalue weighted by atomic mass is 10.1. The zero-order valence-electron chi connectivity index (χ0n) is 6.83. The van der Waals surface area contributed by atoms with Crippen molar-refractivity contribution < 1.29 is 9.31 Å². The number of rotatable bonds is 2. The molecule has 0 bridgehead atoms. The second-order valence-corrected chi connectivity index (χ2v) is 3.95. The van der Waals surface area contributed by atoms with Crippen LogP contribution in [0.1, 0.15) is 17.3 Å². The number of nitro groups is 1. The molecule has 0 fully saturated rings. The van der Waals surface area contributed by atoms with Crippen molar-refractivity contribution in [3.8, 4) is 0 Å². The lowest BCUT2D eigenvalue weighted by Crippen LogP contribution is -1.93. The number of halogens is 2. The van der Waals surface area contributed by atoms with Crippen LogP contribution in [-0.4, -0.2) is 4.92 Å². The van der Waals surface area contributed by atoms with Crippen LogP contribution in [0.2, 0.25) is 0 Å². The Bertz CT molecular complexity index is 341. The predicted octanol–water partition coefficient (Wildman–Crippen LogP) is 3.19. The van der Waals surface area contributed by atoms with Crippen LogP contribution in [0.15, 0.2) is 18.2 Å². The number of benzene rings is 1. The van der Waals surface area contributed by atoms with E-state index in [0.717, 1.165) is 6.07 Å². The van der Waals surface area contributed by atoms with Crippen molar-refractivity contribution in [2.24, 2.45) is 0 Å². The molecule has 3 nitrogen and oxygen atoms in total. The van der Waals surface area contributed by atoms with Crippen molar-refractivity contribution in [1.82, 2.24) is 0 Å². The highest BCUT2D eigenvalue weighted by Gasteiger charge is 2.12. The van der Waals surface area contributed by atoms with E-state index in [2.05, 4.69) is 15.9 Å². The molecule has 70 valence electrons. The highest BCUT2D eigenvalue weighted by Crippen LogP contribution is 2.26. The Kier molecular flexibility index (Phi) is 2.98. The molecular weight excluding hydrogens is 241 g/mol. The van der Waals surface area contributed by atoms with E-state index in [0.29, 0.717) is 5.56 Å². The zero-order valence-corrected chi connectivity index (χ0v) is 8.42. The van der Waals surface area contributed by atoms with Crippen molar-refractivity contribution in [3.05, 3.63) is 39.7 Å². The number of hydrogen-bond acceptors (Lipinski definition) is 2. The van der Waals surface area contributed by atoms with Gasteiger partial charge in [0.1, 0.15) is 5.82 Å². The van der Waals surface area contributed by atoms with E-state index in [1.54, 1.807) is 6.92 Å². The van der Waals surface area contributed by atoms with Crippen molar-refractivity contribution in [1.29, 1.82) is 0 Å². The van der Waals surface area contributed by atoms with E-state index in [-0.39, 0.29) is 10.5 Å². The minimum absolute atomic E-state index is 0.145. The topological polar surface area (TPSA) is 43.1 Å². The molecule has 0 aliphatic heterocycles. The molecule has 0 heterocycles. The molecule has 0 aromatic heterocycles. The Balaban J connectivity index is 3.13. The Hall–Kier alpha value is -0.970. The Morgan fingerprint density at radius 2 is 2.23 bits per heavy atom. The van der Waals surface area contributed by atoms with Gasteiger partial charge < -0.3 is 0 Å².